The van der Waals surface area contributed by atoms with Crippen LogP contribution in [-0.2, 0) is 16.1 Å². The smallest absolute Gasteiger partial charge is 0.410 e. The largest absolute Gasteiger partial charge is 0.456 e. The molecule has 40 heavy (non-hydrogen) atoms. The molecule has 5 heteroatoms. The number of carbonyl (C=O) groups is 1. The number of hydrogen-bond acceptors (Lipinski definition) is 4. The Kier molecular flexibility index (Phi) is 7.07. The maximum Gasteiger partial charge on any atom is 0.410 e. The second-order valence-electron chi connectivity index (χ2n) is 11.6. The fourth-order valence-electron chi connectivity index (χ4n) is 5.62. The zero-order valence-electron chi connectivity index (χ0n) is 23.3. The average Bonchev–Trinajstić information content (AvgIpc) is 3.35. The van der Waals surface area contributed by atoms with Crippen molar-refractivity contribution in [3.63, 3.8) is 0 Å². The van der Waals surface area contributed by atoms with Gasteiger partial charge in [0.2, 0.25) is 0 Å². The molecule has 204 valence electrons. The Morgan fingerprint density at radius 2 is 1.55 bits per heavy atom. The molecule has 2 atom stereocenters. The molecule has 5 aromatic rings. The van der Waals surface area contributed by atoms with Gasteiger partial charge in [0.15, 0.2) is 0 Å². The molecule has 1 fully saturated rings. The predicted octanol–water partition coefficient (Wildman–Crippen LogP) is 8.56. The summed E-state index contributed by atoms with van der Waals surface area (Å²) >= 11 is 0. The number of amides is 1. The van der Waals surface area contributed by atoms with Gasteiger partial charge in [0.05, 0.1) is 19.3 Å². The number of para-hydroxylation sites is 2. The second kappa shape index (κ2) is 10.8. The molecule has 0 bridgehead atoms. The van der Waals surface area contributed by atoms with E-state index in [4.69, 9.17) is 13.9 Å². The number of furan rings is 1. The molecule has 0 radical (unpaired) electrons. The normalized spacial score (nSPS) is 17.8. The summed E-state index contributed by atoms with van der Waals surface area (Å²) in [5.74, 6) is 0.0755. The molecule has 0 saturated carbocycles. The van der Waals surface area contributed by atoms with Crippen LogP contribution >= 0.6 is 0 Å². The van der Waals surface area contributed by atoms with Gasteiger partial charge in [-0.25, -0.2) is 4.79 Å². The summed E-state index contributed by atoms with van der Waals surface area (Å²) < 4.78 is 18.7. The molecule has 0 unspecified atom stereocenters. The van der Waals surface area contributed by atoms with Crippen LogP contribution in [0.15, 0.2) is 101 Å². The van der Waals surface area contributed by atoms with Gasteiger partial charge in [0.25, 0.3) is 0 Å². The third-order valence-electron chi connectivity index (χ3n) is 7.57. The highest BCUT2D eigenvalue weighted by Crippen LogP contribution is 2.39. The standard InChI is InChI=1S/C35H35NO4/c1-35(2,3)40-34(37)36-21-20-28(30-14-9-13-29-27-12-7-8-15-31(27)39-33(29)30)32(22-36)38-23-24-16-18-26(19-17-24)25-10-5-4-6-11-25/h4-19,28,32H,20-23H2,1-3H3/t28-,32+/m1/s1. The SMILES string of the molecule is CC(C)(C)OC(=O)N1CC[C@H](c2cccc3c2oc2ccccc23)[C@@H](OCc2ccc(-c3ccccc3)cc2)C1. The van der Waals surface area contributed by atoms with E-state index < -0.39 is 5.60 Å². The summed E-state index contributed by atoms with van der Waals surface area (Å²) in [6, 6.07) is 33.4. The number of piperidine rings is 1. The first-order valence-electron chi connectivity index (χ1n) is 14.0. The van der Waals surface area contributed by atoms with Gasteiger partial charge in [-0.05, 0) is 49.9 Å². The van der Waals surface area contributed by atoms with E-state index in [1.54, 1.807) is 4.90 Å². The molecule has 1 aliphatic rings. The van der Waals surface area contributed by atoms with Crippen LogP contribution in [0.1, 0.15) is 44.2 Å². The fourth-order valence-corrected chi connectivity index (χ4v) is 5.62. The van der Waals surface area contributed by atoms with Crippen molar-refractivity contribution in [1.82, 2.24) is 4.90 Å². The monoisotopic (exact) mass is 533 g/mol. The van der Waals surface area contributed by atoms with Gasteiger partial charge in [-0.1, -0.05) is 91.0 Å². The zero-order valence-corrected chi connectivity index (χ0v) is 23.3. The number of benzene rings is 4. The maximum absolute atomic E-state index is 13.0. The van der Waals surface area contributed by atoms with Crippen molar-refractivity contribution in [2.24, 2.45) is 0 Å². The number of likely N-dealkylation sites (tertiary alicyclic amines) is 1. The van der Waals surface area contributed by atoms with Crippen molar-refractivity contribution < 1.29 is 18.7 Å². The molecular formula is C35H35NO4. The summed E-state index contributed by atoms with van der Waals surface area (Å²) in [7, 11) is 0. The summed E-state index contributed by atoms with van der Waals surface area (Å²) in [6.07, 6.45) is 0.245. The number of ether oxygens (including phenoxy) is 2. The van der Waals surface area contributed by atoms with Crippen LogP contribution in [0.3, 0.4) is 0 Å². The Balaban J connectivity index is 1.27. The lowest BCUT2D eigenvalue weighted by Crippen LogP contribution is -2.48. The first-order valence-corrected chi connectivity index (χ1v) is 14.0. The van der Waals surface area contributed by atoms with Gasteiger partial charge in [-0.3, -0.25) is 0 Å². The molecule has 1 amide bonds. The van der Waals surface area contributed by atoms with Crippen LogP contribution in [0, 0.1) is 0 Å². The van der Waals surface area contributed by atoms with E-state index in [2.05, 4.69) is 72.8 Å². The Hall–Kier alpha value is -4.09. The van der Waals surface area contributed by atoms with Crippen molar-refractivity contribution in [2.45, 2.75) is 51.4 Å². The highest BCUT2D eigenvalue weighted by Gasteiger charge is 2.36. The molecule has 1 aromatic heterocycles. The first kappa shape index (κ1) is 26.1. The van der Waals surface area contributed by atoms with E-state index in [1.165, 1.54) is 11.1 Å². The van der Waals surface area contributed by atoms with Crippen LogP contribution in [0.2, 0.25) is 0 Å². The van der Waals surface area contributed by atoms with Crippen molar-refractivity contribution in [2.75, 3.05) is 13.1 Å². The third-order valence-corrected chi connectivity index (χ3v) is 7.57. The quantitative estimate of drug-likeness (QED) is 0.227. The molecule has 0 spiro atoms. The molecule has 2 heterocycles. The number of nitrogens with zero attached hydrogens (tertiary/aromatic N) is 1. The lowest BCUT2D eigenvalue weighted by atomic mass is 9.86. The van der Waals surface area contributed by atoms with Crippen LogP contribution in [0.5, 0.6) is 0 Å². The molecule has 0 N–H and O–H groups in total. The summed E-state index contributed by atoms with van der Waals surface area (Å²) in [4.78, 5) is 14.8. The third kappa shape index (κ3) is 5.47. The number of hydrogen-bond donors (Lipinski definition) is 0. The van der Waals surface area contributed by atoms with Gasteiger partial charge >= 0.3 is 6.09 Å². The van der Waals surface area contributed by atoms with Gasteiger partial charge < -0.3 is 18.8 Å². The maximum atomic E-state index is 13.0. The molecule has 6 rings (SSSR count). The lowest BCUT2D eigenvalue weighted by Gasteiger charge is -2.39. The van der Waals surface area contributed by atoms with Gasteiger partial charge in [-0.2, -0.15) is 0 Å². The molecule has 5 nitrogen and oxygen atoms in total. The molecule has 0 aliphatic carbocycles. The van der Waals surface area contributed by atoms with Gasteiger partial charge in [-0.15, -0.1) is 0 Å². The molecule has 1 saturated heterocycles. The Morgan fingerprint density at radius 1 is 0.850 bits per heavy atom. The predicted molar refractivity (Wildman–Crippen MR) is 159 cm³/mol. The van der Waals surface area contributed by atoms with Crippen LogP contribution in [-0.4, -0.2) is 35.8 Å². The van der Waals surface area contributed by atoms with Crippen molar-refractivity contribution in [1.29, 1.82) is 0 Å². The zero-order chi connectivity index (χ0) is 27.7. The number of rotatable bonds is 5. The fraction of sp³-hybridized carbons (Fsp3) is 0.286. The van der Waals surface area contributed by atoms with E-state index in [9.17, 15) is 4.79 Å². The molecule has 4 aromatic carbocycles. The summed E-state index contributed by atoms with van der Waals surface area (Å²) in [5, 5.41) is 2.22. The number of fused-ring (bicyclic) bond motifs is 3. The van der Waals surface area contributed by atoms with E-state index >= 15 is 0 Å². The van der Waals surface area contributed by atoms with Gasteiger partial charge in [0, 0.05) is 28.8 Å². The van der Waals surface area contributed by atoms with E-state index in [0.717, 1.165) is 39.5 Å². The number of carbonyl (C=O) groups excluding carboxylic acids is 1. The minimum Gasteiger partial charge on any atom is -0.456 e. The Morgan fingerprint density at radius 3 is 2.33 bits per heavy atom. The van der Waals surface area contributed by atoms with Crippen LogP contribution in [0.25, 0.3) is 33.1 Å². The average molecular weight is 534 g/mol. The van der Waals surface area contributed by atoms with Crippen molar-refractivity contribution >= 4 is 28.0 Å². The van der Waals surface area contributed by atoms with E-state index in [0.29, 0.717) is 19.7 Å². The van der Waals surface area contributed by atoms with Crippen molar-refractivity contribution in [3.05, 3.63) is 108 Å². The van der Waals surface area contributed by atoms with Crippen molar-refractivity contribution in [3.8, 4) is 11.1 Å². The highest BCUT2D eigenvalue weighted by atomic mass is 16.6. The second-order valence-corrected chi connectivity index (χ2v) is 11.6. The molecule has 1 aliphatic heterocycles. The topological polar surface area (TPSA) is 51.9 Å². The Bertz CT molecular complexity index is 1610. The summed E-state index contributed by atoms with van der Waals surface area (Å²) in [5.41, 5.74) is 5.82. The van der Waals surface area contributed by atoms with Crippen LogP contribution < -0.4 is 0 Å². The Labute approximate surface area is 235 Å². The van der Waals surface area contributed by atoms with E-state index in [1.807, 2.05) is 45.0 Å². The summed E-state index contributed by atoms with van der Waals surface area (Å²) in [6.45, 7) is 7.20. The van der Waals surface area contributed by atoms with Crippen LogP contribution in [0.4, 0.5) is 4.79 Å². The lowest BCUT2D eigenvalue weighted by molar-refractivity contribution is -0.0358. The molecular weight excluding hydrogens is 498 g/mol. The highest BCUT2D eigenvalue weighted by molar-refractivity contribution is 6.05. The first-order chi connectivity index (χ1) is 19.4. The van der Waals surface area contributed by atoms with Gasteiger partial charge in [0.1, 0.15) is 16.8 Å². The minimum absolute atomic E-state index is 0.0755. The van der Waals surface area contributed by atoms with E-state index in [-0.39, 0.29) is 18.1 Å². The minimum atomic E-state index is -0.551.